The zero-order valence-corrected chi connectivity index (χ0v) is 18.4. The fourth-order valence-electron chi connectivity index (χ4n) is 3.46. The Balaban J connectivity index is 1.82. The highest BCUT2D eigenvalue weighted by molar-refractivity contribution is 7.89. The van der Waals surface area contributed by atoms with Gasteiger partial charge in [0.2, 0.25) is 10.0 Å². The molecule has 0 saturated carbocycles. The number of carbonyl (C=O) groups is 1. The Morgan fingerprint density at radius 1 is 1.17 bits per heavy atom. The first-order valence-electron chi connectivity index (χ1n) is 9.60. The van der Waals surface area contributed by atoms with E-state index >= 15 is 0 Å². The Kier molecular flexibility index (Phi) is 6.10. The van der Waals surface area contributed by atoms with Gasteiger partial charge in [-0.2, -0.15) is 5.26 Å². The molecular formula is C21H25N5O3S. The van der Waals surface area contributed by atoms with E-state index in [0.717, 1.165) is 9.87 Å². The number of pyridine rings is 1. The smallest absolute Gasteiger partial charge is 0.254 e. The number of anilines is 1. The van der Waals surface area contributed by atoms with Crippen LogP contribution < -0.4 is 4.90 Å². The van der Waals surface area contributed by atoms with E-state index in [1.54, 1.807) is 36.2 Å². The van der Waals surface area contributed by atoms with Crippen molar-refractivity contribution in [2.45, 2.75) is 18.7 Å². The fraction of sp³-hybridized carbons (Fsp3) is 0.381. The number of aromatic nitrogens is 1. The summed E-state index contributed by atoms with van der Waals surface area (Å²) in [4.78, 5) is 21.3. The van der Waals surface area contributed by atoms with E-state index in [9.17, 15) is 18.5 Å². The van der Waals surface area contributed by atoms with Gasteiger partial charge in [-0.1, -0.05) is 0 Å². The Hall–Kier alpha value is -2.96. The highest BCUT2D eigenvalue weighted by Gasteiger charge is 2.27. The molecule has 0 atom stereocenters. The second-order valence-electron chi connectivity index (χ2n) is 7.47. The van der Waals surface area contributed by atoms with E-state index in [4.69, 9.17) is 0 Å². The van der Waals surface area contributed by atoms with Gasteiger partial charge in [-0.3, -0.25) is 4.79 Å². The van der Waals surface area contributed by atoms with Gasteiger partial charge in [0, 0.05) is 52.0 Å². The molecule has 1 saturated heterocycles. The van der Waals surface area contributed by atoms with Gasteiger partial charge >= 0.3 is 0 Å². The predicted molar refractivity (Wildman–Crippen MR) is 114 cm³/mol. The summed E-state index contributed by atoms with van der Waals surface area (Å²) in [6.07, 6.45) is 1.65. The lowest BCUT2D eigenvalue weighted by Gasteiger charge is -2.35. The molecule has 30 heavy (non-hydrogen) atoms. The summed E-state index contributed by atoms with van der Waals surface area (Å²) in [7, 11) is -0.700. The molecule has 8 nitrogen and oxygen atoms in total. The number of aryl methyl sites for hydroxylation is 1. The van der Waals surface area contributed by atoms with Crippen LogP contribution >= 0.6 is 0 Å². The molecule has 158 valence electrons. The number of carbonyl (C=O) groups excluding carboxylic acids is 1. The number of amides is 1. The first-order valence-corrected chi connectivity index (χ1v) is 11.0. The second kappa shape index (κ2) is 8.42. The summed E-state index contributed by atoms with van der Waals surface area (Å²) >= 11 is 0. The molecule has 1 aliphatic heterocycles. The van der Waals surface area contributed by atoms with Crippen molar-refractivity contribution >= 4 is 21.7 Å². The molecule has 3 rings (SSSR count). The summed E-state index contributed by atoms with van der Waals surface area (Å²) in [6, 6.07) is 8.81. The predicted octanol–water partition coefficient (Wildman–Crippen LogP) is 1.78. The zero-order chi connectivity index (χ0) is 22.1. The number of sulfonamides is 1. The molecule has 0 unspecified atom stereocenters. The van der Waals surface area contributed by atoms with Crippen molar-refractivity contribution in [1.82, 2.24) is 14.2 Å². The van der Waals surface area contributed by atoms with Gasteiger partial charge in [0.25, 0.3) is 5.91 Å². The number of nitriles is 1. The van der Waals surface area contributed by atoms with Crippen LogP contribution in [0, 0.1) is 25.2 Å². The number of benzene rings is 1. The van der Waals surface area contributed by atoms with Gasteiger partial charge in [-0.05, 0) is 49.2 Å². The van der Waals surface area contributed by atoms with Crippen LogP contribution in [0.2, 0.25) is 0 Å². The lowest BCUT2D eigenvalue weighted by molar-refractivity contribution is 0.0746. The molecule has 1 fully saturated rings. The maximum atomic E-state index is 13.1. The average molecular weight is 428 g/mol. The van der Waals surface area contributed by atoms with Crippen LogP contribution in [-0.4, -0.2) is 68.8 Å². The van der Waals surface area contributed by atoms with Crippen LogP contribution in [0.1, 0.15) is 27.0 Å². The Morgan fingerprint density at radius 3 is 2.43 bits per heavy atom. The number of hydrogen-bond acceptors (Lipinski definition) is 6. The highest BCUT2D eigenvalue weighted by Crippen LogP contribution is 2.25. The third-order valence-corrected chi connectivity index (χ3v) is 7.34. The van der Waals surface area contributed by atoms with Crippen LogP contribution in [0.15, 0.2) is 35.4 Å². The number of hydrogen-bond donors (Lipinski definition) is 0. The Bertz CT molecular complexity index is 1110. The van der Waals surface area contributed by atoms with Crippen molar-refractivity contribution in [1.29, 1.82) is 5.26 Å². The molecule has 2 aromatic rings. The topological polar surface area (TPSA) is 97.6 Å². The normalized spacial score (nSPS) is 14.7. The molecule has 1 aromatic heterocycles. The van der Waals surface area contributed by atoms with Crippen molar-refractivity contribution in [3.63, 3.8) is 0 Å². The van der Waals surface area contributed by atoms with Crippen LogP contribution in [-0.2, 0) is 10.0 Å². The first kappa shape index (κ1) is 21.7. The molecule has 9 heteroatoms. The van der Waals surface area contributed by atoms with Crippen molar-refractivity contribution in [2.24, 2.45) is 0 Å². The van der Waals surface area contributed by atoms with E-state index in [0.29, 0.717) is 48.7 Å². The van der Waals surface area contributed by atoms with E-state index < -0.39 is 10.0 Å². The van der Waals surface area contributed by atoms with Crippen LogP contribution in [0.5, 0.6) is 0 Å². The molecule has 0 spiro atoms. The summed E-state index contributed by atoms with van der Waals surface area (Å²) in [5, 5.41) is 9.28. The van der Waals surface area contributed by atoms with Crippen molar-refractivity contribution in [3.8, 4) is 6.07 Å². The van der Waals surface area contributed by atoms with Gasteiger partial charge < -0.3 is 9.80 Å². The molecule has 0 aliphatic carbocycles. The van der Waals surface area contributed by atoms with Gasteiger partial charge in [-0.15, -0.1) is 0 Å². The Morgan fingerprint density at radius 2 is 1.83 bits per heavy atom. The zero-order valence-electron chi connectivity index (χ0n) is 17.6. The maximum absolute atomic E-state index is 13.1. The molecule has 2 heterocycles. The molecule has 0 radical (unpaired) electrons. The van der Waals surface area contributed by atoms with Crippen LogP contribution in [0.4, 0.5) is 5.82 Å². The monoisotopic (exact) mass is 427 g/mol. The first-order chi connectivity index (χ1) is 14.2. The average Bonchev–Trinajstić information content (AvgIpc) is 2.74. The SMILES string of the molecule is Cc1cc(C(=O)N2CCN(c3ncccc3C#N)CC2)cc(S(=O)(=O)N(C)C)c1C. The molecule has 1 aromatic carbocycles. The van der Waals surface area contributed by atoms with Gasteiger partial charge in [0.1, 0.15) is 11.9 Å². The second-order valence-corrected chi connectivity index (χ2v) is 9.59. The highest BCUT2D eigenvalue weighted by atomic mass is 32.2. The number of nitrogens with zero attached hydrogens (tertiary/aromatic N) is 5. The molecule has 0 bridgehead atoms. The maximum Gasteiger partial charge on any atom is 0.254 e. The summed E-state index contributed by atoms with van der Waals surface area (Å²) in [6.45, 7) is 5.57. The van der Waals surface area contributed by atoms with Crippen molar-refractivity contribution in [3.05, 3.63) is 52.7 Å². The van der Waals surface area contributed by atoms with Gasteiger partial charge in [-0.25, -0.2) is 17.7 Å². The lowest BCUT2D eigenvalue weighted by atomic mass is 10.0. The molecular weight excluding hydrogens is 402 g/mol. The summed E-state index contributed by atoms with van der Waals surface area (Å²) in [5.74, 6) is 0.423. The van der Waals surface area contributed by atoms with E-state index in [1.807, 2.05) is 11.8 Å². The minimum absolute atomic E-state index is 0.154. The molecule has 0 N–H and O–H groups in total. The number of rotatable bonds is 4. The van der Waals surface area contributed by atoms with Crippen molar-refractivity contribution in [2.75, 3.05) is 45.2 Å². The summed E-state index contributed by atoms with van der Waals surface area (Å²) < 4.78 is 26.5. The summed E-state index contributed by atoms with van der Waals surface area (Å²) in [5.41, 5.74) is 2.27. The van der Waals surface area contributed by atoms with Gasteiger partial charge in [0.15, 0.2) is 0 Å². The minimum atomic E-state index is -3.65. The Labute approximate surface area is 177 Å². The quantitative estimate of drug-likeness (QED) is 0.738. The molecule has 1 amide bonds. The van der Waals surface area contributed by atoms with E-state index in [2.05, 4.69) is 11.1 Å². The standard InChI is InChI=1S/C21H25N5O3S/c1-15-12-18(13-19(16(15)2)30(28,29)24(3)4)21(27)26-10-8-25(9-11-26)20-17(14-22)6-5-7-23-20/h5-7,12-13H,8-11H2,1-4H3. The van der Waals surface area contributed by atoms with E-state index in [-0.39, 0.29) is 10.8 Å². The largest absolute Gasteiger partial charge is 0.352 e. The van der Waals surface area contributed by atoms with E-state index in [1.165, 1.54) is 20.2 Å². The third-order valence-electron chi connectivity index (χ3n) is 5.40. The minimum Gasteiger partial charge on any atom is -0.352 e. The third kappa shape index (κ3) is 4.01. The van der Waals surface area contributed by atoms with Gasteiger partial charge in [0.05, 0.1) is 10.5 Å². The van der Waals surface area contributed by atoms with Crippen LogP contribution in [0.25, 0.3) is 0 Å². The number of piperazine rings is 1. The van der Waals surface area contributed by atoms with Crippen molar-refractivity contribution < 1.29 is 13.2 Å². The van der Waals surface area contributed by atoms with Crippen LogP contribution in [0.3, 0.4) is 0 Å². The lowest BCUT2D eigenvalue weighted by Crippen LogP contribution is -2.49. The fourth-order valence-corrected chi connectivity index (χ4v) is 4.67. The molecule has 1 aliphatic rings.